The molecule has 31 heavy (non-hydrogen) atoms. The quantitative estimate of drug-likeness (QED) is 0.353. The van der Waals surface area contributed by atoms with Crippen molar-refractivity contribution in [3.63, 3.8) is 0 Å². The number of esters is 1. The summed E-state index contributed by atoms with van der Waals surface area (Å²) in [5.41, 5.74) is -1.26. The van der Waals surface area contributed by atoms with Gasteiger partial charge < -0.3 is 9.47 Å². The van der Waals surface area contributed by atoms with E-state index >= 15 is 0 Å². The molecule has 3 heterocycles. The van der Waals surface area contributed by atoms with Crippen molar-refractivity contribution in [1.29, 1.82) is 0 Å². The normalized spacial score (nSPS) is 33.8. The number of aromatic amines is 1. The van der Waals surface area contributed by atoms with E-state index in [1.54, 1.807) is 27.7 Å². The van der Waals surface area contributed by atoms with Crippen molar-refractivity contribution >= 4 is 25.4 Å². The second kappa shape index (κ2) is 9.17. The average Bonchev–Trinajstić information content (AvgIpc) is 2.91. The maximum atomic E-state index is 12.9. The first-order valence-corrected chi connectivity index (χ1v) is 11.7. The first kappa shape index (κ1) is 24.2. The number of carbonyl (C=O) groups excluding carboxylic acids is 1. The number of H-pyrrole nitrogens is 1. The third kappa shape index (κ3) is 5.30. The fourth-order valence-corrected chi connectivity index (χ4v) is 5.22. The molecule has 0 spiro atoms. The molecular weight excluding hydrogens is 455 g/mol. The summed E-state index contributed by atoms with van der Waals surface area (Å²) in [6, 6.07) is 1.16. The molecule has 174 valence electrons. The van der Waals surface area contributed by atoms with Crippen LogP contribution in [0.3, 0.4) is 0 Å². The lowest BCUT2D eigenvalue weighted by molar-refractivity contribution is -0.152. The Morgan fingerprint density at radius 3 is 2.77 bits per heavy atom. The van der Waals surface area contributed by atoms with E-state index in [9.17, 15) is 18.9 Å². The van der Waals surface area contributed by atoms with Crippen molar-refractivity contribution in [2.24, 2.45) is 5.92 Å². The Morgan fingerprint density at radius 1 is 1.42 bits per heavy atom. The monoisotopic (exact) mass is 480 g/mol. The zero-order valence-electron chi connectivity index (χ0n) is 17.6. The van der Waals surface area contributed by atoms with Crippen LogP contribution in [0.4, 0.5) is 0 Å². The molecule has 0 saturated carbocycles. The highest BCUT2D eigenvalue weighted by Gasteiger charge is 2.60. The van der Waals surface area contributed by atoms with Crippen molar-refractivity contribution in [1.82, 2.24) is 9.55 Å². The van der Waals surface area contributed by atoms with E-state index in [4.69, 9.17) is 34.6 Å². The van der Waals surface area contributed by atoms with Gasteiger partial charge >= 0.3 is 19.5 Å². The Morgan fingerprint density at radius 2 is 2.13 bits per heavy atom. The molecule has 0 bridgehead atoms. The molecular formula is C18H26ClN2O9P. The number of nitrogens with zero attached hydrogens (tertiary/aromatic N) is 1. The molecule has 1 N–H and O–H groups in total. The lowest BCUT2D eigenvalue weighted by atomic mass is 10.0. The predicted octanol–water partition coefficient (Wildman–Crippen LogP) is 1.95. The van der Waals surface area contributed by atoms with Crippen LogP contribution in [0.15, 0.2) is 21.9 Å². The summed E-state index contributed by atoms with van der Waals surface area (Å²) >= 11 is 6.66. The van der Waals surface area contributed by atoms with Crippen LogP contribution in [-0.4, -0.2) is 51.9 Å². The molecule has 2 saturated heterocycles. The van der Waals surface area contributed by atoms with Crippen molar-refractivity contribution in [2.75, 3.05) is 13.2 Å². The van der Waals surface area contributed by atoms with Gasteiger partial charge in [0.2, 0.25) is 0 Å². The molecule has 0 radical (unpaired) electrons. The van der Waals surface area contributed by atoms with E-state index in [-0.39, 0.29) is 31.7 Å². The fourth-order valence-electron chi connectivity index (χ4n) is 3.33. The van der Waals surface area contributed by atoms with Gasteiger partial charge in [-0.05, 0) is 27.2 Å². The van der Waals surface area contributed by atoms with Gasteiger partial charge in [0.15, 0.2) is 6.23 Å². The first-order chi connectivity index (χ1) is 14.4. The Bertz CT molecular complexity index is 975. The van der Waals surface area contributed by atoms with Crippen LogP contribution < -0.4 is 11.2 Å². The standard InChI is InChI=1S/C18H26ClN2O9P/c1-10(2)28-15(23)11(3)6-8-26-31(25)27-9-12-14(30-31)18(4,19)16(29-12)21-7-5-13(22)20-17(21)24/h5,7,10-12,14,16H,6,8-9H2,1-4H3,(H,20,22,24)/t11-,12+,14+,16+,18+,31-/m0/s1. The largest absolute Gasteiger partial charge is 0.475 e. The summed E-state index contributed by atoms with van der Waals surface area (Å²) in [5, 5.41) is 0. The molecule has 2 aliphatic heterocycles. The number of halogens is 1. The molecule has 1 aromatic rings. The minimum atomic E-state index is -3.98. The van der Waals surface area contributed by atoms with E-state index in [1.807, 2.05) is 0 Å². The van der Waals surface area contributed by atoms with Gasteiger partial charge in [-0.2, -0.15) is 0 Å². The van der Waals surface area contributed by atoms with Crippen molar-refractivity contribution in [2.45, 2.75) is 63.5 Å². The summed E-state index contributed by atoms with van der Waals surface area (Å²) in [4.78, 5) is 36.2. The molecule has 0 amide bonds. The van der Waals surface area contributed by atoms with Crippen LogP contribution in [0.1, 0.15) is 40.3 Å². The number of fused-ring (bicyclic) bond motifs is 1. The van der Waals surface area contributed by atoms with E-state index < -0.39 is 48.3 Å². The van der Waals surface area contributed by atoms with Gasteiger partial charge in [0.25, 0.3) is 5.56 Å². The SMILES string of the molecule is CC(C)OC(=O)[C@@H](C)CCO[P@@]1(=O)OC[C@H]2O[C@@H](n3ccc(=O)[nH]c3=O)[C@](C)(Cl)[C@@H]2O1. The number of ether oxygens (including phenoxy) is 2. The molecule has 3 rings (SSSR count). The number of phosphoric ester groups is 1. The van der Waals surface area contributed by atoms with Gasteiger partial charge in [0.1, 0.15) is 17.1 Å². The number of alkyl halides is 1. The smallest absolute Gasteiger partial charge is 0.463 e. The van der Waals surface area contributed by atoms with Crippen LogP contribution in [0.5, 0.6) is 0 Å². The molecule has 2 aliphatic rings. The van der Waals surface area contributed by atoms with Gasteiger partial charge in [-0.15, -0.1) is 11.6 Å². The number of rotatable bonds is 7. The highest BCUT2D eigenvalue weighted by Crippen LogP contribution is 2.60. The van der Waals surface area contributed by atoms with Gasteiger partial charge in [-0.25, -0.2) is 9.36 Å². The zero-order chi connectivity index (χ0) is 23.0. The predicted molar refractivity (Wildman–Crippen MR) is 109 cm³/mol. The molecule has 6 atom stereocenters. The second-order valence-electron chi connectivity index (χ2n) is 7.97. The van der Waals surface area contributed by atoms with E-state index in [1.165, 1.54) is 6.20 Å². The minimum absolute atomic E-state index is 0.0638. The van der Waals surface area contributed by atoms with Crippen LogP contribution in [0.25, 0.3) is 0 Å². The third-order valence-electron chi connectivity index (χ3n) is 4.98. The van der Waals surface area contributed by atoms with Crippen molar-refractivity contribution in [3.05, 3.63) is 33.1 Å². The van der Waals surface area contributed by atoms with Crippen LogP contribution >= 0.6 is 19.4 Å². The highest BCUT2D eigenvalue weighted by molar-refractivity contribution is 7.48. The maximum absolute atomic E-state index is 12.9. The number of phosphoric acid groups is 1. The molecule has 2 fully saturated rings. The topological polar surface area (TPSA) is 135 Å². The van der Waals surface area contributed by atoms with Gasteiger partial charge in [-0.1, -0.05) is 6.92 Å². The lowest BCUT2D eigenvalue weighted by Crippen LogP contribution is -2.45. The van der Waals surface area contributed by atoms with E-state index in [2.05, 4.69) is 4.98 Å². The number of carbonyl (C=O) groups is 1. The first-order valence-electron chi connectivity index (χ1n) is 9.87. The number of aromatic nitrogens is 2. The highest BCUT2D eigenvalue weighted by atomic mass is 35.5. The van der Waals surface area contributed by atoms with Crippen molar-refractivity contribution in [3.8, 4) is 0 Å². The van der Waals surface area contributed by atoms with Crippen LogP contribution in [0.2, 0.25) is 0 Å². The fraction of sp³-hybridized carbons (Fsp3) is 0.722. The van der Waals surface area contributed by atoms with Gasteiger partial charge in [-0.3, -0.25) is 32.7 Å². The molecule has 0 unspecified atom stereocenters. The number of hydrogen-bond donors (Lipinski definition) is 1. The molecule has 0 aromatic carbocycles. The zero-order valence-corrected chi connectivity index (χ0v) is 19.3. The van der Waals surface area contributed by atoms with Gasteiger partial charge in [0, 0.05) is 12.3 Å². The Labute approximate surface area is 183 Å². The number of nitrogens with one attached hydrogen (secondary N) is 1. The third-order valence-corrected chi connectivity index (χ3v) is 6.83. The van der Waals surface area contributed by atoms with Crippen LogP contribution in [0, 0.1) is 5.92 Å². The van der Waals surface area contributed by atoms with E-state index in [0.29, 0.717) is 0 Å². The molecule has 0 aliphatic carbocycles. The molecule has 1 aromatic heterocycles. The van der Waals surface area contributed by atoms with E-state index in [0.717, 1.165) is 10.6 Å². The summed E-state index contributed by atoms with van der Waals surface area (Å²) in [6.07, 6.45) is -1.35. The van der Waals surface area contributed by atoms with Gasteiger partial charge in [0.05, 0.1) is 25.2 Å². The molecule has 11 nitrogen and oxygen atoms in total. The summed E-state index contributed by atoms with van der Waals surface area (Å²) in [5.74, 6) is -0.842. The lowest BCUT2D eigenvalue weighted by Gasteiger charge is -2.34. The maximum Gasteiger partial charge on any atom is 0.475 e. The summed E-state index contributed by atoms with van der Waals surface area (Å²) in [7, 11) is -3.98. The Kier molecular flexibility index (Phi) is 7.15. The molecule has 13 heteroatoms. The summed E-state index contributed by atoms with van der Waals surface area (Å²) < 4.78 is 41.2. The summed E-state index contributed by atoms with van der Waals surface area (Å²) in [6.45, 7) is 6.55. The van der Waals surface area contributed by atoms with Crippen LogP contribution in [-0.2, 0) is 32.4 Å². The minimum Gasteiger partial charge on any atom is -0.463 e. The van der Waals surface area contributed by atoms with Crippen molar-refractivity contribution < 1.29 is 32.4 Å². The average molecular weight is 481 g/mol. The Balaban J connectivity index is 1.65. The Hall–Kier alpha value is -1.49. The number of hydrogen-bond acceptors (Lipinski definition) is 9. The second-order valence-corrected chi connectivity index (χ2v) is 10.4.